The van der Waals surface area contributed by atoms with Crippen LogP contribution in [0.25, 0.3) is 0 Å². The molecule has 2 aliphatic heterocycles. The van der Waals surface area contributed by atoms with E-state index in [4.69, 9.17) is 29.0 Å². The topological polar surface area (TPSA) is 144 Å². The molecule has 3 heterocycles. The zero-order valence-corrected chi connectivity index (χ0v) is 17.2. The predicted molar refractivity (Wildman–Crippen MR) is 106 cm³/mol. The average Bonchev–Trinajstić information content (AvgIpc) is 3.48. The van der Waals surface area contributed by atoms with Gasteiger partial charge in [0.2, 0.25) is 5.91 Å². The summed E-state index contributed by atoms with van der Waals surface area (Å²) in [6.45, 7) is 4.68. The Bertz CT molecular complexity index is 815. The van der Waals surface area contributed by atoms with E-state index in [0.29, 0.717) is 38.5 Å². The first-order chi connectivity index (χ1) is 14.8. The van der Waals surface area contributed by atoms with Crippen LogP contribution in [-0.2, 0) is 25.7 Å². The monoisotopic (exact) mass is 433 g/mol. The van der Waals surface area contributed by atoms with Gasteiger partial charge < -0.3 is 24.3 Å². The number of ether oxygens (including phenoxy) is 1. The van der Waals surface area contributed by atoms with Crippen LogP contribution in [0.2, 0.25) is 0 Å². The van der Waals surface area contributed by atoms with Crippen molar-refractivity contribution < 1.29 is 33.8 Å². The molecule has 1 amide bonds. The van der Waals surface area contributed by atoms with Gasteiger partial charge in [-0.25, -0.2) is 9.59 Å². The summed E-state index contributed by atoms with van der Waals surface area (Å²) in [4.78, 5) is 35.5. The van der Waals surface area contributed by atoms with Crippen LogP contribution in [0, 0.1) is 22.7 Å². The lowest BCUT2D eigenvalue weighted by molar-refractivity contribution is -0.159. The highest BCUT2D eigenvalue weighted by molar-refractivity contribution is 6.27. The maximum atomic E-state index is 13.0. The number of furan rings is 1. The first-order valence-electron chi connectivity index (χ1n) is 10.4. The van der Waals surface area contributed by atoms with Gasteiger partial charge in [-0.3, -0.25) is 9.69 Å². The molecule has 0 spiro atoms. The molecule has 3 fully saturated rings. The van der Waals surface area contributed by atoms with Gasteiger partial charge >= 0.3 is 11.9 Å². The number of aliphatic carboxylic acids is 2. The van der Waals surface area contributed by atoms with Crippen molar-refractivity contribution in [2.75, 3.05) is 32.8 Å². The summed E-state index contributed by atoms with van der Waals surface area (Å²) in [5, 5.41) is 24.4. The van der Waals surface area contributed by atoms with E-state index in [-0.39, 0.29) is 12.0 Å². The largest absolute Gasteiger partial charge is 0.473 e. The lowest BCUT2D eigenvalue weighted by atomic mass is 9.86. The number of carbonyl (C=O) groups is 3. The molecule has 31 heavy (non-hydrogen) atoms. The van der Waals surface area contributed by atoms with Crippen LogP contribution >= 0.6 is 0 Å². The van der Waals surface area contributed by atoms with E-state index in [1.807, 2.05) is 11.0 Å². The fraction of sp³-hybridized carbons (Fsp3) is 0.619. The number of carboxylic acids is 2. The van der Waals surface area contributed by atoms with E-state index in [1.54, 1.807) is 12.5 Å². The molecule has 0 aromatic carbocycles. The zero-order chi connectivity index (χ0) is 22.4. The molecular weight excluding hydrogens is 406 g/mol. The molecule has 0 radical (unpaired) electrons. The second-order valence-corrected chi connectivity index (χ2v) is 8.26. The third-order valence-corrected chi connectivity index (χ3v) is 6.15. The third-order valence-electron chi connectivity index (χ3n) is 6.15. The average molecular weight is 433 g/mol. The smallest absolute Gasteiger partial charge is 0.414 e. The van der Waals surface area contributed by atoms with Crippen LogP contribution in [-0.4, -0.2) is 76.7 Å². The molecule has 1 aliphatic carbocycles. The summed E-state index contributed by atoms with van der Waals surface area (Å²) in [6.07, 6.45) is 6.96. The standard InChI is InChI=1S/C19H25N3O3.C2H2O4/c20-14-19(4-1-2-5-19)18(23)22-11-16-10-21(6-8-25-17(16)12-22)9-15-3-7-24-13-15;3-1(4)2(5)6/h3,7,13,16-17H,1-2,4-6,8-12H2;(H,3,4)(H,5,6)/t16-,17+;/m0./s1. The number of nitrogens with zero attached hydrogens (tertiary/aromatic N) is 3. The second kappa shape index (κ2) is 9.94. The Morgan fingerprint density at radius 3 is 2.45 bits per heavy atom. The van der Waals surface area contributed by atoms with Crippen LogP contribution in [0.4, 0.5) is 0 Å². The van der Waals surface area contributed by atoms with E-state index in [1.165, 1.54) is 5.56 Å². The molecular formula is C21H27N3O7. The molecule has 0 unspecified atom stereocenters. The number of carboxylic acid groups (broad SMARTS) is 2. The molecule has 0 bridgehead atoms. The van der Waals surface area contributed by atoms with Gasteiger partial charge in [0.25, 0.3) is 0 Å². The van der Waals surface area contributed by atoms with Crippen molar-refractivity contribution in [3.63, 3.8) is 0 Å². The Labute approximate surface area is 180 Å². The first-order valence-corrected chi connectivity index (χ1v) is 10.4. The highest BCUT2D eigenvalue weighted by Gasteiger charge is 2.48. The van der Waals surface area contributed by atoms with Crippen molar-refractivity contribution in [3.05, 3.63) is 24.2 Å². The van der Waals surface area contributed by atoms with Crippen molar-refractivity contribution in [2.24, 2.45) is 11.3 Å². The number of carbonyl (C=O) groups excluding carboxylic acids is 1. The predicted octanol–water partition coefficient (Wildman–Crippen LogP) is 1.18. The van der Waals surface area contributed by atoms with Crippen LogP contribution in [0.3, 0.4) is 0 Å². The van der Waals surface area contributed by atoms with Gasteiger partial charge in [0.1, 0.15) is 5.41 Å². The minimum atomic E-state index is -1.82. The molecule has 168 valence electrons. The van der Waals surface area contributed by atoms with Crippen molar-refractivity contribution >= 4 is 17.8 Å². The van der Waals surface area contributed by atoms with E-state index in [9.17, 15) is 10.1 Å². The number of hydrogen-bond acceptors (Lipinski definition) is 7. The summed E-state index contributed by atoms with van der Waals surface area (Å²) in [5.74, 6) is -3.30. The maximum absolute atomic E-state index is 13.0. The number of likely N-dealkylation sites (tertiary alicyclic amines) is 1. The van der Waals surface area contributed by atoms with Gasteiger partial charge in [-0.05, 0) is 18.9 Å². The number of amides is 1. The lowest BCUT2D eigenvalue weighted by Gasteiger charge is -2.27. The molecule has 3 aliphatic rings. The van der Waals surface area contributed by atoms with E-state index < -0.39 is 17.4 Å². The zero-order valence-electron chi connectivity index (χ0n) is 17.2. The number of rotatable bonds is 3. The van der Waals surface area contributed by atoms with E-state index >= 15 is 0 Å². The summed E-state index contributed by atoms with van der Waals surface area (Å²) in [5.41, 5.74) is 0.388. The Morgan fingerprint density at radius 2 is 1.87 bits per heavy atom. The van der Waals surface area contributed by atoms with Crippen molar-refractivity contribution in [2.45, 2.75) is 38.3 Å². The Kier molecular flexibility index (Phi) is 7.30. The van der Waals surface area contributed by atoms with Crippen molar-refractivity contribution in [1.82, 2.24) is 9.80 Å². The molecule has 10 heteroatoms. The van der Waals surface area contributed by atoms with Crippen molar-refractivity contribution in [3.8, 4) is 6.07 Å². The van der Waals surface area contributed by atoms with Gasteiger partial charge in [0.05, 0.1) is 31.3 Å². The summed E-state index contributed by atoms with van der Waals surface area (Å²) >= 11 is 0. The summed E-state index contributed by atoms with van der Waals surface area (Å²) < 4.78 is 11.2. The third kappa shape index (κ3) is 5.42. The van der Waals surface area contributed by atoms with Crippen LogP contribution in [0.15, 0.2) is 23.0 Å². The maximum Gasteiger partial charge on any atom is 0.414 e. The highest BCUT2D eigenvalue weighted by Crippen LogP contribution is 2.40. The molecule has 1 aromatic rings. The molecule has 4 rings (SSSR count). The molecule has 10 nitrogen and oxygen atoms in total. The number of fused-ring (bicyclic) bond motifs is 1. The van der Waals surface area contributed by atoms with Gasteiger partial charge in [-0.1, -0.05) is 12.8 Å². The number of hydrogen-bond donors (Lipinski definition) is 2. The summed E-state index contributed by atoms with van der Waals surface area (Å²) in [7, 11) is 0. The van der Waals surface area contributed by atoms with Crippen molar-refractivity contribution in [1.29, 1.82) is 5.26 Å². The fourth-order valence-electron chi connectivity index (χ4n) is 4.57. The molecule has 2 N–H and O–H groups in total. The molecule has 2 saturated heterocycles. The minimum Gasteiger partial charge on any atom is -0.473 e. The lowest BCUT2D eigenvalue weighted by Crippen LogP contribution is -2.42. The fourth-order valence-corrected chi connectivity index (χ4v) is 4.57. The summed E-state index contributed by atoms with van der Waals surface area (Å²) in [6, 6.07) is 4.32. The highest BCUT2D eigenvalue weighted by atomic mass is 16.5. The van der Waals surface area contributed by atoms with E-state index in [0.717, 1.165) is 32.5 Å². The van der Waals surface area contributed by atoms with Crippen LogP contribution in [0.5, 0.6) is 0 Å². The Hall–Kier alpha value is -2.90. The minimum absolute atomic E-state index is 0.0329. The quantitative estimate of drug-likeness (QED) is 0.671. The van der Waals surface area contributed by atoms with E-state index in [2.05, 4.69) is 11.0 Å². The van der Waals surface area contributed by atoms with Crippen LogP contribution < -0.4 is 0 Å². The first kappa shape index (κ1) is 22.8. The van der Waals surface area contributed by atoms with Gasteiger partial charge in [0.15, 0.2) is 0 Å². The second-order valence-electron chi connectivity index (χ2n) is 8.26. The number of nitriles is 1. The Morgan fingerprint density at radius 1 is 1.16 bits per heavy atom. The molecule has 2 atom stereocenters. The molecule has 1 saturated carbocycles. The normalized spacial score (nSPS) is 24.9. The van der Waals surface area contributed by atoms with Crippen LogP contribution in [0.1, 0.15) is 31.2 Å². The SMILES string of the molecule is N#CC1(C(=O)N2C[C@@H]3CN(Cc4ccoc4)CCO[C@@H]3C2)CCCC1.O=C(O)C(=O)O. The molecule has 1 aromatic heterocycles. The van der Waals surface area contributed by atoms with Gasteiger partial charge in [-0.15, -0.1) is 0 Å². The Balaban J connectivity index is 0.000000401. The van der Waals surface area contributed by atoms with Gasteiger partial charge in [-0.2, -0.15) is 5.26 Å². The van der Waals surface area contributed by atoms with Gasteiger partial charge in [0, 0.05) is 44.2 Å².